The summed E-state index contributed by atoms with van der Waals surface area (Å²) in [7, 11) is 0. The highest BCUT2D eigenvalue weighted by atomic mass is 16.6. The molecule has 0 radical (unpaired) electrons. The van der Waals surface area contributed by atoms with Crippen molar-refractivity contribution >= 4 is 11.9 Å². The van der Waals surface area contributed by atoms with E-state index in [9.17, 15) is 9.59 Å². The van der Waals surface area contributed by atoms with Crippen molar-refractivity contribution in [2.24, 2.45) is 11.8 Å². The van der Waals surface area contributed by atoms with Crippen LogP contribution in [0.1, 0.15) is 53.4 Å². The zero-order valence-electron chi connectivity index (χ0n) is 18.1. The van der Waals surface area contributed by atoms with Crippen molar-refractivity contribution in [3.8, 4) is 0 Å². The number of amides is 1. The van der Waals surface area contributed by atoms with E-state index in [0.717, 1.165) is 57.5 Å². The third-order valence-corrected chi connectivity index (χ3v) is 6.64. The summed E-state index contributed by atoms with van der Waals surface area (Å²) < 4.78 is 5.74. The molecule has 0 aliphatic carbocycles. The molecule has 3 aliphatic heterocycles. The van der Waals surface area contributed by atoms with Gasteiger partial charge in [0.1, 0.15) is 5.60 Å². The molecule has 3 aliphatic rings. The molecule has 0 aromatic heterocycles. The number of nitrogens with one attached hydrogen (secondary N) is 1. The average molecular weight is 392 g/mol. The number of hydrogen-bond acceptors (Lipinski definition) is 5. The van der Waals surface area contributed by atoms with Gasteiger partial charge in [-0.05, 0) is 44.7 Å². The predicted octanol–water partition coefficient (Wildman–Crippen LogP) is 2.20. The van der Waals surface area contributed by atoms with Crippen LogP contribution in [-0.2, 0) is 14.3 Å². The number of carbonyl (C=O) groups excluding carboxylic acids is 2. The highest BCUT2D eigenvalue weighted by Gasteiger charge is 2.50. The number of carbonyl (C=O) groups is 2. The van der Waals surface area contributed by atoms with Crippen LogP contribution in [0.5, 0.6) is 0 Å². The second kappa shape index (κ2) is 8.95. The molecule has 2 fully saturated rings. The largest absolute Gasteiger partial charge is 0.450 e. The van der Waals surface area contributed by atoms with E-state index in [4.69, 9.17) is 4.74 Å². The normalized spacial score (nSPS) is 28.6. The van der Waals surface area contributed by atoms with Gasteiger partial charge in [0, 0.05) is 51.1 Å². The molecule has 158 valence electrons. The zero-order chi connectivity index (χ0) is 20.3. The highest BCUT2D eigenvalue weighted by molar-refractivity contribution is 6.07. The van der Waals surface area contributed by atoms with Gasteiger partial charge < -0.3 is 19.9 Å². The van der Waals surface area contributed by atoms with Crippen LogP contribution in [0.2, 0.25) is 0 Å². The number of nitrogens with zero attached hydrogens (tertiary/aromatic N) is 2. The van der Waals surface area contributed by atoms with Crippen molar-refractivity contribution in [2.75, 3.05) is 45.8 Å². The molecule has 2 saturated heterocycles. The first-order valence-electron chi connectivity index (χ1n) is 11.0. The average Bonchev–Trinajstić information content (AvgIpc) is 2.88. The van der Waals surface area contributed by atoms with E-state index < -0.39 is 5.60 Å². The molecule has 3 heterocycles. The van der Waals surface area contributed by atoms with E-state index in [-0.39, 0.29) is 11.9 Å². The quantitative estimate of drug-likeness (QED) is 0.556. The summed E-state index contributed by atoms with van der Waals surface area (Å²) in [4.78, 5) is 30.0. The van der Waals surface area contributed by atoms with Crippen molar-refractivity contribution in [2.45, 2.75) is 59.0 Å². The molecule has 1 spiro atoms. The Bertz CT molecular complexity index is 613. The molecule has 0 aromatic rings. The Balaban J connectivity index is 1.53. The van der Waals surface area contributed by atoms with Gasteiger partial charge in [-0.1, -0.05) is 20.8 Å². The van der Waals surface area contributed by atoms with Crippen LogP contribution in [0.3, 0.4) is 0 Å². The van der Waals surface area contributed by atoms with Crippen LogP contribution in [0.25, 0.3) is 0 Å². The third kappa shape index (κ3) is 4.60. The predicted molar refractivity (Wildman–Crippen MR) is 110 cm³/mol. The lowest BCUT2D eigenvalue weighted by Crippen LogP contribution is -2.48. The second-order valence-corrected chi connectivity index (χ2v) is 9.13. The Morgan fingerprint density at radius 3 is 2.43 bits per heavy atom. The molecular formula is C22H37N3O3. The van der Waals surface area contributed by atoms with Crippen molar-refractivity contribution in [3.63, 3.8) is 0 Å². The molecular weight excluding hydrogens is 354 g/mol. The summed E-state index contributed by atoms with van der Waals surface area (Å²) in [6.07, 6.45) is 3.65. The Kier molecular flexibility index (Phi) is 6.81. The first-order chi connectivity index (χ1) is 13.3. The summed E-state index contributed by atoms with van der Waals surface area (Å²) in [6.45, 7) is 15.2. The van der Waals surface area contributed by atoms with Gasteiger partial charge in [0.05, 0.1) is 5.57 Å². The van der Waals surface area contributed by atoms with Gasteiger partial charge in [0.15, 0.2) is 0 Å². The van der Waals surface area contributed by atoms with Crippen molar-refractivity contribution in [1.29, 1.82) is 0 Å². The van der Waals surface area contributed by atoms with E-state index in [1.165, 1.54) is 6.42 Å². The maximum atomic E-state index is 13.0. The van der Waals surface area contributed by atoms with Crippen LogP contribution >= 0.6 is 0 Å². The maximum absolute atomic E-state index is 13.0. The van der Waals surface area contributed by atoms with Crippen LogP contribution in [0.15, 0.2) is 11.1 Å². The van der Waals surface area contributed by atoms with Gasteiger partial charge in [-0.3, -0.25) is 4.79 Å². The number of rotatable bonds is 6. The molecule has 2 atom stereocenters. The van der Waals surface area contributed by atoms with Gasteiger partial charge in [-0.2, -0.15) is 0 Å². The van der Waals surface area contributed by atoms with Gasteiger partial charge >= 0.3 is 5.97 Å². The minimum atomic E-state index is -0.714. The number of hydrogen-bond donors (Lipinski definition) is 1. The fraction of sp³-hybridized carbons (Fsp3) is 0.818. The maximum Gasteiger partial charge on any atom is 0.335 e. The molecule has 1 amide bonds. The fourth-order valence-electron chi connectivity index (χ4n) is 5.28. The molecule has 28 heavy (non-hydrogen) atoms. The topological polar surface area (TPSA) is 61.9 Å². The highest BCUT2D eigenvalue weighted by Crippen LogP contribution is 2.40. The van der Waals surface area contributed by atoms with Crippen molar-refractivity contribution in [3.05, 3.63) is 11.1 Å². The molecule has 0 aromatic carbocycles. The Hall–Kier alpha value is -1.40. The number of likely N-dealkylation sites (tertiary alicyclic amines) is 2. The molecule has 6 heteroatoms. The molecule has 0 saturated carbocycles. The summed E-state index contributed by atoms with van der Waals surface area (Å²) in [5.41, 5.74) is 0.351. The van der Waals surface area contributed by atoms with Crippen LogP contribution in [0, 0.1) is 11.8 Å². The van der Waals surface area contributed by atoms with E-state index in [1.807, 2.05) is 0 Å². The summed E-state index contributed by atoms with van der Waals surface area (Å²) in [5, 5.41) is 3.07. The van der Waals surface area contributed by atoms with E-state index in [2.05, 4.69) is 35.9 Å². The number of ether oxygens (including phenoxy) is 1. The van der Waals surface area contributed by atoms with Gasteiger partial charge in [-0.25, -0.2) is 4.79 Å². The smallest absolute Gasteiger partial charge is 0.335 e. The lowest BCUT2D eigenvalue weighted by molar-refractivity contribution is -0.150. The van der Waals surface area contributed by atoms with Gasteiger partial charge in [0.2, 0.25) is 0 Å². The van der Waals surface area contributed by atoms with Gasteiger partial charge in [-0.15, -0.1) is 0 Å². The van der Waals surface area contributed by atoms with E-state index in [0.29, 0.717) is 30.5 Å². The fourth-order valence-corrected chi connectivity index (χ4v) is 5.28. The lowest BCUT2D eigenvalue weighted by atomic mass is 9.82. The second-order valence-electron chi connectivity index (χ2n) is 9.13. The molecule has 1 N–H and O–H groups in total. The van der Waals surface area contributed by atoms with Crippen molar-refractivity contribution in [1.82, 2.24) is 15.1 Å². The Morgan fingerprint density at radius 1 is 1.18 bits per heavy atom. The van der Waals surface area contributed by atoms with Crippen LogP contribution in [0.4, 0.5) is 0 Å². The van der Waals surface area contributed by atoms with E-state index in [1.54, 1.807) is 6.92 Å². The number of piperidine rings is 2. The first kappa shape index (κ1) is 21.3. The standard InChI is InChI=1S/C22H37N3O3/c1-5-24-11-7-22(8-12-24)19(18(4)21(27)28-22)20(26)23-9-6-10-25-14-16(2)13-17(3)15-25/h16-17H,5-15H2,1-4H3,(H,23,26)/t16-,17-/m1/s1. The summed E-state index contributed by atoms with van der Waals surface area (Å²) >= 11 is 0. The lowest BCUT2D eigenvalue weighted by Gasteiger charge is -2.39. The molecule has 0 unspecified atom stereocenters. The van der Waals surface area contributed by atoms with Crippen LogP contribution < -0.4 is 5.32 Å². The molecule has 3 rings (SSSR count). The van der Waals surface area contributed by atoms with Crippen molar-refractivity contribution < 1.29 is 14.3 Å². The zero-order valence-corrected chi connectivity index (χ0v) is 18.1. The first-order valence-corrected chi connectivity index (χ1v) is 11.0. The number of esters is 1. The monoisotopic (exact) mass is 391 g/mol. The Labute approximate surface area is 169 Å². The SMILES string of the molecule is CCN1CCC2(CC1)OC(=O)C(C)=C2C(=O)NCCCN1C[C@H](C)C[C@@H](C)C1. The summed E-state index contributed by atoms with van der Waals surface area (Å²) in [5.74, 6) is 1.06. The minimum Gasteiger partial charge on any atom is -0.450 e. The van der Waals surface area contributed by atoms with Crippen LogP contribution in [-0.4, -0.2) is 73.1 Å². The summed E-state index contributed by atoms with van der Waals surface area (Å²) in [6, 6.07) is 0. The molecule has 6 nitrogen and oxygen atoms in total. The Morgan fingerprint density at radius 2 is 1.82 bits per heavy atom. The van der Waals surface area contributed by atoms with Gasteiger partial charge in [0.25, 0.3) is 5.91 Å². The third-order valence-electron chi connectivity index (χ3n) is 6.64. The minimum absolute atomic E-state index is 0.117. The van der Waals surface area contributed by atoms with E-state index >= 15 is 0 Å². The molecule has 0 bridgehead atoms.